The maximum atomic E-state index is 6.23. The number of hydrogen-bond donors (Lipinski definition) is 0. The quantitative estimate of drug-likeness (QED) is 0.302. The van der Waals surface area contributed by atoms with E-state index in [1.54, 1.807) is 6.21 Å². The molecule has 2 heterocycles. The Kier molecular flexibility index (Phi) is 4.47. The number of fused-ring (bicyclic) bond motifs is 1. The second kappa shape index (κ2) is 7.41. The fraction of sp³-hybridized carbons (Fsp3) is 0. The SMILES string of the molecule is Clc1ccccc1-c1ccc(C=Nc2ccc3oc(-c4ccccc4)nc3c2)o1. The number of aromatic nitrogens is 1. The van der Waals surface area contributed by atoms with Crippen LogP contribution in [0, 0.1) is 0 Å². The maximum Gasteiger partial charge on any atom is 0.227 e. The molecular formula is C24H15ClN2O2. The molecule has 5 aromatic rings. The van der Waals surface area contributed by atoms with Gasteiger partial charge in [-0.05, 0) is 54.6 Å². The number of benzene rings is 3. The smallest absolute Gasteiger partial charge is 0.227 e. The van der Waals surface area contributed by atoms with Crippen molar-refractivity contribution in [2.75, 3.05) is 0 Å². The van der Waals surface area contributed by atoms with Crippen LogP contribution < -0.4 is 0 Å². The first-order valence-corrected chi connectivity index (χ1v) is 9.49. The van der Waals surface area contributed by atoms with Crippen molar-refractivity contribution in [3.63, 3.8) is 0 Å². The highest BCUT2D eigenvalue weighted by atomic mass is 35.5. The topological polar surface area (TPSA) is 51.5 Å². The number of nitrogens with zero attached hydrogens (tertiary/aromatic N) is 2. The molecule has 4 nitrogen and oxygen atoms in total. The number of rotatable bonds is 4. The molecule has 0 bridgehead atoms. The molecule has 0 aliphatic rings. The van der Waals surface area contributed by atoms with Gasteiger partial charge in [0.25, 0.3) is 0 Å². The molecule has 140 valence electrons. The molecule has 0 unspecified atom stereocenters. The van der Waals surface area contributed by atoms with Crippen molar-refractivity contribution in [3.05, 3.63) is 95.7 Å². The van der Waals surface area contributed by atoms with Gasteiger partial charge in [-0.1, -0.05) is 41.9 Å². The summed E-state index contributed by atoms with van der Waals surface area (Å²) >= 11 is 6.23. The Hall–Kier alpha value is -3.63. The Morgan fingerprint density at radius 2 is 1.66 bits per heavy atom. The molecule has 0 fully saturated rings. The lowest BCUT2D eigenvalue weighted by atomic mass is 10.2. The summed E-state index contributed by atoms with van der Waals surface area (Å²) in [6, 6.07) is 26.8. The fourth-order valence-electron chi connectivity index (χ4n) is 3.07. The summed E-state index contributed by atoms with van der Waals surface area (Å²) in [5.41, 5.74) is 4.04. The Labute approximate surface area is 172 Å². The van der Waals surface area contributed by atoms with Crippen molar-refractivity contribution in [1.29, 1.82) is 0 Å². The van der Waals surface area contributed by atoms with Gasteiger partial charge >= 0.3 is 0 Å². The molecule has 5 rings (SSSR count). The Balaban J connectivity index is 1.40. The summed E-state index contributed by atoms with van der Waals surface area (Å²) in [5.74, 6) is 1.94. The van der Waals surface area contributed by atoms with Crippen LogP contribution in [0.25, 0.3) is 33.9 Å². The Morgan fingerprint density at radius 3 is 2.52 bits per heavy atom. The summed E-state index contributed by atoms with van der Waals surface area (Å²) < 4.78 is 11.7. The van der Waals surface area contributed by atoms with E-state index >= 15 is 0 Å². The third-order valence-electron chi connectivity index (χ3n) is 4.50. The monoisotopic (exact) mass is 398 g/mol. The fourth-order valence-corrected chi connectivity index (χ4v) is 3.30. The third-order valence-corrected chi connectivity index (χ3v) is 4.83. The normalized spacial score (nSPS) is 11.5. The van der Waals surface area contributed by atoms with Gasteiger partial charge in [0.15, 0.2) is 5.58 Å². The highest BCUT2D eigenvalue weighted by Gasteiger charge is 2.09. The van der Waals surface area contributed by atoms with E-state index in [1.807, 2.05) is 84.9 Å². The van der Waals surface area contributed by atoms with E-state index in [2.05, 4.69) is 9.98 Å². The van der Waals surface area contributed by atoms with Crippen LogP contribution in [0.4, 0.5) is 5.69 Å². The predicted molar refractivity (Wildman–Crippen MR) is 116 cm³/mol. The zero-order chi connectivity index (χ0) is 19.6. The van der Waals surface area contributed by atoms with Crippen molar-refractivity contribution >= 4 is 34.6 Å². The Bertz CT molecular complexity index is 1320. The van der Waals surface area contributed by atoms with Crippen LogP contribution in [-0.2, 0) is 0 Å². The lowest BCUT2D eigenvalue weighted by Crippen LogP contribution is -1.77. The first kappa shape index (κ1) is 17.5. The highest BCUT2D eigenvalue weighted by Crippen LogP contribution is 2.29. The van der Waals surface area contributed by atoms with Gasteiger partial charge in [-0.2, -0.15) is 0 Å². The third kappa shape index (κ3) is 3.58. The van der Waals surface area contributed by atoms with Gasteiger partial charge < -0.3 is 8.83 Å². The average molecular weight is 399 g/mol. The minimum Gasteiger partial charge on any atom is -0.455 e. The molecule has 0 spiro atoms. The van der Waals surface area contributed by atoms with Crippen LogP contribution in [0.3, 0.4) is 0 Å². The van der Waals surface area contributed by atoms with Crippen LogP contribution in [0.1, 0.15) is 5.76 Å². The zero-order valence-electron chi connectivity index (χ0n) is 15.2. The molecule has 2 aromatic heterocycles. The summed E-state index contributed by atoms with van der Waals surface area (Å²) in [6.45, 7) is 0. The van der Waals surface area contributed by atoms with Crippen molar-refractivity contribution in [1.82, 2.24) is 4.98 Å². The average Bonchev–Trinajstić information content (AvgIpc) is 3.40. The molecule has 0 saturated carbocycles. The van der Waals surface area contributed by atoms with Crippen molar-refractivity contribution in [2.45, 2.75) is 0 Å². The molecule has 0 N–H and O–H groups in total. The summed E-state index contributed by atoms with van der Waals surface area (Å²) in [5, 5.41) is 0.649. The predicted octanol–water partition coefficient (Wildman–Crippen LogP) is 7.16. The van der Waals surface area contributed by atoms with Gasteiger partial charge in [0.1, 0.15) is 17.0 Å². The molecule has 0 atom stereocenters. The van der Waals surface area contributed by atoms with E-state index in [1.165, 1.54) is 0 Å². The molecule has 0 saturated heterocycles. The van der Waals surface area contributed by atoms with Gasteiger partial charge in [0.05, 0.1) is 16.9 Å². The molecule has 0 amide bonds. The van der Waals surface area contributed by atoms with Crippen molar-refractivity contribution in [3.8, 4) is 22.8 Å². The van der Waals surface area contributed by atoms with Gasteiger partial charge in [-0.15, -0.1) is 0 Å². The highest BCUT2D eigenvalue weighted by molar-refractivity contribution is 6.33. The first-order chi connectivity index (χ1) is 14.3. The number of hydrogen-bond acceptors (Lipinski definition) is 4. The lowest BCUT2D eigenvalue weighted by molar-refractivity contribution is 0.575. The van der Waals surface area contributed by atoms with E-state index in [4.69, 9.17) is 20.4 Å². The number of halogens is 1. The van der Waals surface area contributed by atoms with Crippen LogP contribution in [0.15, 0.2) is 98.8 Å². The molecular weight excluding hydrogens is 384 g/mol. The summed E-state index contributed by atoms with van der Waals surface area (Å²) in [4.78, 5) is 9.08. The minimum absolute atomic E-state index is 0.595. The molecule has 0 aliphatic heterocycles. The minimum atomic E-state index is 0.595. The van der Waals surface area contributed by atoms with Crippen LogP contribution in [-0.4, -0.2) is 11.2 Å². The van der Waals surface area contributed by atoms with E-state index in [0.29, 0.717) is 22.4 Å². The first-order valence-electron chi connectivity index (χ1n) is 9.11. The molecule has 29 heavy (non-hydrogen) atoms. The molecule has 0 aliphatic carbocycles. The van der Waals surface area contributed by atoms with Gasteiger partial charge in [-0.3, -0.25) is 4.99 Å². The van der Waals surface area contributed by atoms with E-state index < -0.39 is 0 Å². The standard InChI is InChI=1S/C24H15ClN2O2/c25-20-9-5-4-8-19(20)22-13-11-18(28-22)15-26-17-10-12-23-21(14-17)27-24(29-23)16-6-2-1-3-7-16/h1-15H. The van der Waals surface area contributed by atoms with Gasteiger partial charge in [0.2, 0.25) is 5.89 Å². The summed E-state index contributed by atoms with van der Waals surface area (Å²) in [7, 11) is 0. The second-order valence-corrected chi connectivity index (χ2v) is 6.88. The largest absolute Gasteiger partial charge is 0.455 e. The Morgan fingerprint density at radius 1 is 0.828 bits per heavy atom. The second-order valence-electron chi connectivity index (χ2n) is 6.48. The molecule has 3 aromatic carbocycles. The van der Waals surface area contributed by atoms with Gasteiger partial charge in [-0.25, -0.2) is 4.98 Å². The number of furan rings is 1. The number of oxazole rings is 1. The van der Waals surface area contributed by atoms with Crippen LogP contribution in [0.5, 0.6) is 0 Å². The molecule has 0 radical (unpaired) electrons. The van der Waals surface area contributed by atoms with Crippen LogP contribution >= 0.6 is 11.6 Å². The molecule has 5 heteroatoms. The lowest BCUT2D eigenvalue weighted by Gasteiger charge is -1.98. The van der Waals surface area contributed by atoms with Gasteiger partial charge in [0, 0.05) is 11.1 Å². The van der Waals surface area contributed by atoms with Crippen molar-refractivity contribution < 1.29 is 8.83 Å². The van der Waals surface area contributed by atoms with E-state index in [0.717, 1.165) is 27.9 Å². The number of aliphatic imine (C=N–C) groups is 1. The zero-order valence-corrected chi connectivity index (χ0v) is 16.0. The maximum absolute atomic E-state index is 6.23. The summed E-state index contributed by atoms with van der Waals surface area (Å²) in [6.07, 6.45) is 1.68. The van der Waals surface area contributed by atoms with Crippen molar-refractivity contribution in [2.24, 2.45) is 4.99 Å². The van der Waals surface area contributed by atoms with Crippen LogP contribution in [0.2, 0.25) is 5.02 Å². The van der Waals surface area contributed by atoms with E-state index in [9.17, 15) is 0 Å². The van der Waals surface area contributed by atoms with E-state index in [-0.39, 0.29) is 0 Å².